The average Bonchev–Trinajstić information content (AvgIpc) is 2.12. The Morgan fingerprint density at radius 2 is 2.00 bits per heavy atom. The summed E-state index contributed by atoms with van der Waals surface area (Å²) < 4.78 is 4.65. The van der Waals surface area contributed by atoms with Gasteiger partial charge in [-0.05, 0) is 45.4 Å². The molecule has 0 amide bonds. The number of carbonyl (C=O) groups is 1. The van der Waals surface area contributed by atoms with Crippen molar-refractivity contribution in [3.05, 3.63) is 23.4 Å². The number of esters is 1. The van der Waals surface area contributed by atoms with Crippen molar-refractivity contribution >= 4 is 11.8 Å². The Hall–Kier alpha value is -1.58. The second-order valence-electron chi connectivity index (χ2n) is 4.78. The Morgan fingerprint density at radius 3 is 2.50 bits per heavy atom. The number of hydrogen-bond acceptors (Lipinski definition) is 4. The summed E-state index contributed by atoms with van der Waals surface area (Å²) >= 11 is 0. The molecule has 0 spiro atoms. The highest BCUT2D eigenvalue weighted by molar-refractivity contribution is 5.87. The third-order valence-corrected chi connectivity index (χ3v) is 1.87. The summed E-state index contributed by atoms with van der Waals surface area (Å²) in [5.41, 5.74) is 1.21. The lowest BCUT2D eigenvalue weighted by Crippen LogP contribution is -2.27. The number of nitrogens with zero attached hydrogens (tertiary/aromatic N) is 1. The minimum atomic E-state index is -0.416. The predicted molar refractivity (Wildman–Crippen MR) is 63.7 cm³/mol. The second-order valence-corrected chi connectivity index (χ2v) is 4.78. The normalized spacial score (nSPS) is 11.1. The monoisotopic (exact) mass is 222 g/mol. The van der Waals surface area contributed by atoms with E-state index < -0.39 is 5.97 Å². The molecular weight excluding hydrogens is 204 g/mol. The lowest BCUT2D eigenvalue weighted by molar-refractivity contribution is 0.0594. The van der Waals surface area contributed by atoms with E-state index in [1.807, 2.05) is 33.8 Å². The van der Waals surface area contributed by atoms with Gasteiger partial charge in [-0.1, -0.05) is 0 Å². The van der Waals surface area contributed by atoms with Crippen molar-refractivity contribution in [1.82, 2.24) is 4.98 Å². The standard InChI is InChI=1S/C12H18N2O2/c1-8-6-9(11(15)16-5)13-10(7-8)14-12(2,3)4/h6-7H,1-5H3,(H,13,14). The Labute approximate surface area is 96.0 Å². The van der Waals surface area contributed by atoms with Gasteiger partial charge >= 0.3 is 5.97 Å². The maximum absolute atomic E-state index is 11.4. The van der Waals surface area contributed by atoms with E-state index in [9.17, 15) is 4.79 Å². The van der Waals surface area contributed by atoms with E-state index in [1.165, 1.54) is 7.11 Å². The Balaban J connectivity index is 3.03. The van der Waals surface area contributed by atoms with Crippen LogP contribution >= 0.6 is 0 Å². The number of aromatic nitrogens is 1. The van der Waals surface area contributed by atoms with E-state index in [2.05, 4.69) is 15.0 Å². The van der Waals surface area contributed by atoms with Gasteiger partial charge in [0, 0.05) is 5.54 Å². The van der Waals surface area contributed by atoms with Crippen LogP contribution in [0, 0.1) is 6.92 Å². The number of pyridine rings is 1. The van der Waals surface area contributed by atoms with E-state index in [4.69, 9.17) is 0 Å². The van der Waals surface area contributed by atoms with E-state index >= 15 is 0 Å². The predicted octanol–water partition coefficient (Wildman–Crippen LogP) is 2.39. The maximum atomic E-state index is 11.4. The van der Waals surface area contributed by atoms with Gasteiger partial charge in [-0.3, -0.25) is 0 Å². The molecule has 1 aromatic heterocycles. The van der Waals surface area contributed by atoms with E-state index in [1.54, 1.807) is 6.07 Å². The van der Waals surface area contributed by atoms with Crippen LogP contribution in [-0.2, 0) is 4.74 Å². The van der Waals surface area contributed by atoms with Gasteiger partial charge in [0.05, 0.1) is 7.11 Å². The molecule has 88 valence electrons. The molecule has 16 heavy (non-hydrogen) atoms. The molecule has 1 N–H and O–H groups in total. The van der Waals surface area contributed by atoms with Crippen LogP contribution in [0.25, 0.3) is 0 Å². The molecule has 0 atom stereocenters. The Bertz CT molecular complexity index is 394. The Morgan fingerprint density at radius 1 is 1.38 bits per heavy atom. The molecule has 0 saturated carbocycles. The number of anilines is 1. The van der Waals surface area contributed by atoms with Gasteiger partial charge in [0.25, 0.3) is 0 Å². The highest BCUT2D eigenvalue weighted by Gasteiger charge is 2.13. The molecule has 1 aromatic rings. The van der Waals surface area contributed by atoms with Crippen molar-refractivity contribution in [3.8, 4) is 0 Å². The third-order valence-electron chi connectivity index (χ3n) is 1.87. The fraction of sp³-hybridized carbons (Fsp3) is 0.500. The summed E-state index contributed by atoms with van der Waals surface area (Å²) in [6.07, 6.45) is 0. The first-order chi connectivity index (χ1) is 7.31. The van der Waals surface area contributed by atoms with Crippen LogP contribution in [0.1, 0.15) is 36.8 Å². The Kier molecular flexibility index (Phi) is 3.52. The molecule has 0 saturated heterocycles. The first-order valence-electron chi connectivity index (χ1n) is 5.17. The lowest BCUT2D eigenvalue weighted by atomic mass is 10.1. The van der Waals surface area contributed by atoms with Crippen molar-refractivity contribution in [3.63, 3.8) is 0 Å². The smallest absolute Gasteiger partial charge is 0.356 e. The molecule has 0 bridgehead atoms. The summed E-state index contributed by atoms with van der Waals surface area (Å²) in [4.78, 5) is 15.6. The van der Waals surface area contributed by atoms with Gasteiger partial charge in [-0.25, -0.2) is 9.78 Å². The van der Waals surface area contributed by atoms with Crippen LogP contribution in [0.3, 0.4) is 0 Å². The number of nitrogens with one attached hydrogen (secondary N) is 1. The van der Waals surface area contributed by atoms with Crippen molar-refractivity contribution in [2.45, 2.75) is 33.2 Å². The van der Waals surface area contributed by atoms with Crippen LogP contribution < -0.4 is 5.32 Å². The lowest BCUT2D eigenvalue weighted by Gasteiger charge is -2.21. The van der Waals surface area contributed by atoms with Crippen LogP contribution in [0.5, 0.6) is 0 Å². The first kappa shape index (κ1) is 12.5. The molecule has 4 nitrogen and oxygen atoms in total. The summed E-state index contributed by atoms with van der Waals surface area (Å²) in [6, 6.07) is 3.61. The quantitative estimate of drug-likeness (QED) is 0.780. The molecule has 0 aromatic carbocycles. The summed E-state index contributed by atoms with van der Waals surface area (Å²) in [6.45, 7) is 8.03. The second kappa shape index (κ2) is 4.51. The van der Waals surface area contributed by atoms with Gasteiger partial charge in [-0.2, -0.15) is 0 Å². The first-order valence-corrected chi connectivity index (χ1v) is 5.17. The van der Waals surface area contributed by atoms with Crippen molar-refractivity contribution in [1.29, 1.82) is 0 Å². The van der Waals surface area contributed by atoms with Gasteiger partial charge in [0.1, 0.15) is 5.82 Å². The molecule has 0 aliphatic carbocycles. The minimum Gasteiger partial charge on any atom is -0.464 e. The SMILES string of the molecule is COC(=O)c1cc(C)cc(NC(C)(C)C)n1. The average molecular weight is 222 g/mol. The molecule has 4 heteroatoms. The molecule has 0 aliphatic heterocycles. The molecule has 0 fully saturated rings. The van der Waals surface area contributed by atoms with E-state index in [0.29, 0.717) is 11.5 Å². The number of hydrogen-bond donors (Lipinski definition) is 1. The highest BCUT2D eigenvalue weighted by atomic mass is 16.5. The summed E-state index contributed by atoms with van der Waals surface area (Å²) in [7, 11) is 1.35. The van der Waals surface area contributed by atoms with Crippen molar-refractivity contribution in [2.75, 3.05) is 12.4 Å². The molecule has 0 unspecified atom stereocenters. The highest BCUT2D eigenvalue weighted by Crippen LogP contribution is 2.15. The molecular formula is C12H18N2O2. The van der Waals surface area contributed by atoms with Crippen LogP contribution in [-0.4, -0.2) is 23.6 Å². The fourth-order valence-corrected chi connectivity index (χ4v) is 1.32. The third kappa shape index (κ3) is 3.53. The van der Waals surface area contributed by atoms with Crippen molar-refractivity contribution in [2.24, 2.45) is 0 Å². The molecule has 0 aliphatic rings. The minimum absolute atomic E-state index is 0.0891. The zero-order chi connectivity index (χ0) is 12.3. The molecule has 0 radical (unpaired) electrons. The van der Waals surface area contributed by atoms with E-state index in [0.717, 1.165) is 5.56 Å². The number of carbonyl (C=O) groups excluding carboxylic acids is 1. The largest absolute Gasteiger partial charge is 0.464 e. The number of methoxy groups -OCH3 is 1. The zero-order valence-corrected chi connectivity index (χ0v) is 10.4. The van der Waals surface area contributed by atoms with Crippen LogP contribution in [0.2, 0.25) is 0 Å². The number of aryl methyl sites for hydroxylation is 1. The molecule has 1 rings (SSSR count). The van der Waals surface area contributed by atoms with Crippen molar-refractivity contribution < 1.29 is 9.53 Å². The van der Waals surface area contributed by atoms with Gasteiger partial charge in [0.15, 0.2) is 5.69 Å². The summed E-state index contributed by atoms with van der Waals surface area (Å²) in [5.74, 6) is 0.272. The van der Waals surface area contributed by atoms with Gasteiger partial charge in [0.2, 0.25) is 0 Å². The van der Waals surface area contributed by atoms with Crippen LogP contribution in [0.4, 0.5) is 5.82 Å². The van der Waals surface area contributed by atoms with Crippen LogP contribution in [0.15, 0.2) is 12.1 Å². The maximum Gasteiger partial charge on any atom is 0.356 e. The van der Waals surface area contributed by atoms with Gasteiger partial charge < -0.3 is 10.1 Å². The topological polar surface area (TPSA) is 51.2 Å². The fourth-order valence-electron chi connectivity index (χ4n) is 1.32. The number of rotatable bonds is 2. The number of ether oxygens (including phenoxy) is 1. The molecule has 1 heterocycles. The van der Waals surface area contributed by atoms with Gasteiger partial charge in [-0.15, -0.1) is 0 Å². The van der Waals surface area contributed by atoms with E-state index in [-0.39, 0.29) is 5.54 Å². The summed E-state index contributed by atoms with van der Waals surface area (Å²) in [5, 5.41) is 3.22. The zero-order valence-electron chi connectivity index (χ0n) is 10.4.